The first kappa shape index (κ1) is 22.4. The predicted molar refractivity (Wildman–Crippen MR) is 128 cm³/mol. The van der Waals surface area contributed by atoms with E-state index in [-0.39, 0.29) is 24.9 Å². The minimum absolute atomic E-state index is 0.257. The van der Waals surface area contributed by atoms with Gasteiger partial charge in [-0.1, -0.05) is 35.9 Å². The summed E-state index contributed by atoms with van der Waals surface area (Å²) in [4.78, 5) is 9.36. The molecule has 0 bridgehead atoms. The van der Waals surface area contributed by atoms with Crippen molar-refractivity contribution in [3.05, 3.63) is 46.6 Å². The Morgan fingerprint density at radius 3 is 2.62 bits per heavy atom. The second-order valence-electron chi connectivity index (χ2n) is 9.40. The van der Waals surface area contributed by atoms with Gasteiger partial charge >= 0.3 is 0 Å². The Labute approximate surface area is 203 Å². The number of fused-ring (bicyclic) bond motifs is 2. The quantitative estimate of drug-likeness (QED) is 0.663. The van der Waals surface area contributed by atoms with E-state index in [4.69, 9.17) is 35.6 Å². The molecule has 8 nitrogen and oxygen atoms in total. The average molecular weight is 504 g/mol. The van der Waals surface area contributed by atoms with Crippen molar-refractivity contribution in [2.45, 2.75) is 49.6 Å². The number of hydrogen-bond donors (Lipinski definition) is 2. The SMILES string of the molecule is N=S1(=O)CCC(c2ccc(-c3nc4c(cc3Cl)N=C(O[C@@H]3CO[C@H]5[C@@H]3OC[C@H]5O)C4)cc2)CC1. The van der Waals surface area contributed by atoms with Gasteiger partial charge in [0.1, 0.15) is 18.3 Å². The maximum atomic E-state index is 11.9. The molecular formula is C24H26ClN3O5S. The Morgan fingerprint density at radius 2 is 1.85 bits per heavy atom. The van der Waals surface area contributed by atoms with Gasteiger partial charge in [-0.3, -0.25) is 4.78 Å². The fraction of sp³-hybridized carbons (Fsp3) is 0.500. The van der Waals surface area contributed by atoms with Crippen LogP contribution in [0.1, 0.15) is 30.0 Å². The molecule has 2 aromatic rings. The number of pyridine rings is 1. The second kappa shape index (κ2) is 8.57. The van der Waals surface area contributed by atoms with Crippen LogP contribution in [0, 0.1) is 4.78 Å². The van der Waals surface area contributed by atoms with Crippen molar-refractivity contribution in [3.8, 4) is 11.3 Å². The topological polar surface area (TPSA) is 114 Å². The summed E-state index contributed by atoms with van der Waals surface area (Å²) in [5.74, 6) is 1.84. The lowest BCUT2D eigenvalue weighted by molar-refractivity contribution is 0.00558. The van der Waals surface area contributed by atoms with Gasteiger partial charge in [-0.25, -0.2) is 14.2 Å². The molecule has 0 amide bonds. The van der Waals surface area contributed by atoms with E-state index in [0.717, 1.165) is 24.1 Å². The lowest BCUT2D eigenvalue weighted by Crippen LogP contribution is -2.34. The molecule has 0 radical (unpaired) electrons. The maximum absolute atomic E-state index is 11.9. The highest BCUT2D eigenvalue weighted by atomic mass is 35.5. The van der Waals surface area contributed by atoms with Crippen molar-refractivity contribution >= 4 is 32.9 Å². The Bertz CT molecular complexity index is 1240. The largest absolute Gasteiger partial charge is 0.472 e. The van der Waals surface area contributed by atoms with Crippen LogP contribution in [0.25, 0.3) is 11.3 Å². The Balaban J connectivity index is 1.15. The minimum atomic E-state index is -2.38. The summed E-state index contributed by atoms with van der Waals surface area (Å²) in [5.41, 5.74) is 4.33. The first-order valence-electron chi connectivity index (χ1n) is 11.6. The van der Waals surface area contributed by atoms with Gasteiger partial charge in [0.15, 0.2) is 12.0 Å². The van der Waals surface area contributed by atoms with Gasteiger partial charge in [-0.2, -0.15) is 0 Å². The van der Waals surface area contributed by atoms with Gasteiger partial charge in [-0.05, 0) is 30.4 Å². The number of benzene rings is 1. The van der Waals surface area contributed by atoms with Crippen LogP contribution in [-0.2, 0) is 30.4 Å². The lowest BCUT2D eigenvalue weighted by Gasteiger charge is -2.24. The zero-order chi connectivity index (χ0) is 23.4. The highest BCUT2D eigenvalue weighted by molar-refractivity contribution is 7.92. The number of nitrogens with one attached hydrogen (secondary N) is 1. The summed E-state index contributed by atoms with van der Waals surface area (Å²) in [6, 6.07) is 10.0. The number of halogens is 1. The number of aliphatic hydroxyl groups excluding tert-OH is 1. The number of nitrogens with zero attached hydrogens (tertiary/aromatic N) is 2. The second-order valence-corrected chi connectivity index (χ2v) is 12.3. The van der Waals surface area contributed by atoms with Crippen LogP contribution in [-0.4, -0.2) is 69.3 Å². The van der Waals surface area contributed by atoms with E-state index >= 15 is 0 Å². The third-order valence-electron chi connectivity index (χ3n) is 7.11. The Morgan fingerprint density at radius 1 is 1.12 bits per heavy atom. The van der Waals surface area contributed by atoms with Crippen LogP contribution in [0.15, 0.2) is 35.3 Å². The van der Waals surface area contributed by atoms with Crippen molar-refractivity contribution in [3.63, 3.8) is 0 Å². The van der Waals surface area contributed by atoms with Crippen molar-refractivity contribution < 1.29 is 23.5 Å². The number of aromatic nitrogens is 1. The third kappa shape index (κ3) is 4.13. The molecule has 6 rings (SSSR count). The predicted octanol–water partition coefficient (Wildman–Crippen LogP) is 3.46. The molecule has 180 valence electrons. The van der Waals surface area contributed by atoms with E-state index in [1.54, 1.807) is 0 Å². The third-order valence-corrected chi connectivity index (χ3v) is 9.19. The van der Waals surface area contributed by atoms with Gasteiger partial charge in [0.25, 0.3) is 0 Å². The average Bonchev–Trinajstić information content (AvgIpc) is 3.50. The molecule has 1 aromatic carbocycles. The molecule has 34 heavy (non-hydrogen) atoms. The molecule has 0 aliphatic carbocycles. The first-order chi connectivity index (χ1) is 16.4. The summed E-state index contributed by atoms with van der Waals surface area (Å²) in [6.45, 7) is 0.611. The number of rotatable bonds is 3. The molecule has 10 heteroatoms. The van der Waals surface area contributed by atoms with Gasteiger partial charge < -0.3 is 19.3 Å². The van der Waals surface area contributed by atoms with Gasteiger partial charge in [-0.15, -0.1) is 0 Å². The lowest BCUT2D eigenvalue weighted by atomic mass is 9.92. The molecule has 1 aromatic heterocycles. The summed E-state index contributed by atoms with van der Waals surface area (Å²) >= 11 is 6.58. The van der Waals surface area contributed by atoms with Gasteiger partial charge in [0, 0.05) is 26.8 Å². The molecule has 0 unspecified atom stereocenters. The number of hydrogen-bond acceptors (Lipinski definition) is 8. The van der Waals surface area contributed by atoms with Crippen molar-refractivity contribution in [1.82, 2.24) is 4.98 Å². The monoisotopic (exact) mass is 503 g/mol. The molecule has 3 fully saturated rings. The number of aliphatic hydroxyl groups is 1. The molecule has 4 atom stereocenters. The standard InChI is InChI=1S/C24H26ClN3O5S/c25-16-9-17-18(10-21(27-17)33-20-12-32-23-19(29)11-31-24(20)23)28-22(16)15-3-1-13(2-4-15)14-5-7-34(26,30)8-6-14/h1-4,9,14,19-20,23-24,26,29H,5-8,10-12H2/t14?,19-,20-,23-,24-,34?/m1/s1. The van der Waals surface area contributed by atoms with E-state index in [1.807, 2.05) is 18.2 Å². The van der Waals surface area contributed by atoms with Crippen LogP contribution in [0.2, 0.25) is 5.02 Å². The molecule has 3 saturated heterocycles. The van der Waals surface area contributed by atoms with Gasteiger partial charge in [0.05, 0.1) is 41.7 Å². The van der Waals surface area contributed by atoms with E-state index in [0.29, 0.717) is 52.8 Å². The zero-order valence-electron chi connectivity index (χ0n) is 18.5. The van der Waals surface area contributed by atoms with E-state index in [1.165, 1.54) is 5.56 Å². The zero-order valence-corrected chi connectivity index (χ0v) is 20.1. The van der Waals surface area contributed by atoms with E-state index in [9.17, 15) is 9.32 Å². The van der Waals surface area contributed by atoms with Crippen molar-refractivity contribution in [1.29, 1.82) is 4.78 Å². The van der Waals surface area contributed by atoms with Crippen molar-refractivity contribution in [2.24, 2.45) is 4.99 Å². The fourth-order valence-electron chi connectivity index (χ4n) is 5.21. The summed E-state index contributed by atoms with van der Waals surface area (Å²) in [6.07, 6.45) is 0.482. The molecule has 4 aliphatic rings. The molecule has 0 spiro atoms. The number of aliphatic imine (C=N–C) groups is 1. The van der Waals surface area contributed by atoms with Gasteiger partial charge in [0.2, 0.25) is 0 Å². The summed E-state index contributed by atoms with van der Waals surface area (Å²) in [7, 11) is -2.38. The maximum Gasteiger partial charge on any atom is 0.195 e. The van der Waals surface area contributed by atoms with Crippen LogP contribution < -0.4 is 0 Å². The minimum Gasteiger partial charge on any atom is -0.472 e. The van der Waals surface area contributed by atoms with Crippen LogP contribution in [0.5, 0.6) is 0 Å². The Hall–Kier alpha value is -2.04. The van der Waals surface area contributed by atoms with E-state index in [2.05, 4.69) is 17.1 Å². The normalized spacial score (nSPS) is 34.5. The summed E-state index contributed by atoms with van der Waals surface area (Å²) < 4.78 is 37.1. The first-order valence-corrected chi connectivity index (χ1v) is 13.8. The smallest absolute Gasteiger partial charge is 0.195 e. The highest BCUT2D eigenvalue weighted by Crippen LogP contribution is 2.37. The van der Waals surface area contributed by atoms with Crippen molar-refractivity contribution in [2.75, 3.05) is 24.7 Å². The van der Waals surface area contributed by atoms with Crippen LogP contribution >= 0.6 is 11.6 Å². The molecule has 4 aliphatic heterocycles. The molecule has 2 N–H and O–H groups in total. The number of ether oxygens (including phenoxy) is 3. The molecule has 5 heterocycles. The molecular weight excluding hydrogens is 478 g/mol. The summed E-state index contributed by atoms with van der Waals surface area (Å²) in [5, 5.41) is 10.4. The molecule has 0 saturated carbocycles. The Kier molecular flexibility index (Phi) is 5.65. The fourth-order valence-corrected chi connectivity index (χ4v) is 7.00. The van der Waals surface area contributed by atoms with Crippen LogP contribution in [0.4, 0.5) is 5.69 Å². The van der Waals surface area contributed by atoms with Crippen LogP contribution in [0.3, 0.4) is 0 Å². The highest BCUT2D eigenvalue weighted by Gasteiger charge is 2.49. The van der Waals surface area contributed by atoms with E-state index < -0.39 is 15.8 Å².